The quantitative estimate of drug-likeness (QED) is 0.587. The van der Waals surface area contributed by atoms with Crippen molar-refractivity contribution in [3.8, 4) is 5.75 Å². The third-order valence-corrected chi connectivity index (χ3v) is 6.99. The van der Waals surface area contributed by atoms with Crippen LogP contribution in [-0.2, 0) is 34.1 Å². The van der Waals surface area contributed by atoms with Crippen LogP contribution in [0.4, 0.5) is 0 Å². The van der Waals surface area contributed by atoms with E-state index in [1.54, 1.807) is 12.1 Å². The second-order valence-electron chi connectivity index (χ2n) is 9.25. The number of likely N-dealkylation sites (tertiary alicyclic amines) is 1. The highest BCUT2D eigenvalue weighted by Crippen LogP contribution is 2.34. The van der Waals surface area contributed by atoms with Gasteiger partial charge in [0, 0.05) is 24.1 Å². The highest BCUT2D eigenvalue weighted by atomic mass is 16.5. The minimum atomic E-state index is -0.766. The van der Waals surface area contributed by atoms with Crippen LogP contribution < -0.4 is 10.1 Å². The highest BCUT2D eigenvalue weighted by molar-refractivity contribution is 6.05. The Labute approximate surface area is 202 Å². The molecule has 3 aliphatic rings. The average molecular weight is 478 g/mol. The van der Waals surface area contributed by atoms with E-state index in [1.165, 1.54) is 4.90 Å². The maximum Gasteiger partial charge on any atom is 0.320 e. The van der Waals surface area contributed by atoms with Gasteiger partial charge in [-0.2, -0.15) is 0 Å². The first-order valence-corrected chi connectivity index (χ1v) is 11.8. The maximum absolute atomic E-state index is 13.0. The zero-order valence-corrected chi connectivity index (χ0v) is 19.2. The van der Waals surface area contributed by atoms with E-state index >= 15 is 0 Å². The summed E-state index contributed by atoms with van der Waals surface area (Å²) in [5.41, 5.74) is 3.26. The SMILES string of the molecule is O=C1CCC(N2Cc3c(OCc4ccc(CN5CCC[C@H]5C(=O)O)cc4)cccc3C2=O)C(=O)N1. The number of fused-ring (bicyclic) bond motifs is 1. The van der Waals surface area contributed by atoms with Gasteiger partial charge >= 0.3 is 5.97 Å². The summed E-state index contributed by atoms with van der Waals surface area (Å²) in [6, 6.07) is 12.1. The number of amides is 3. The molecule has 3 aliphatic heterocycles. The molecule has 0 bridgehead atoms. The van der Waals surface area contributed by atoms with Gasteiger partial charge in [-0.15, -0.1) is 0 Å². The number of carbonyl (C=O) groups excluding carboxylic acids is 3. The normalized spacial score (nSPS) is 22.3. The third-order valence-electron chi connectivity index (χ3n) is 6.99. The van der Waals surface area contributed by atoms with Crippen molar-refractivity contribution in [2.75, 3.05) is 6.54 Å². The second kappa shape index (κ2) is 9.50. The molecule has 0 saturated carbocycles. The Morgan fingerprint density at radius 3 is 2.57 bits per heavy atom. The lowest BCUT2D eigenvalue weighted by atomic mass is 10.0. The number of carboxylic acid groups (broad SMARTS) is 1. The Morgan fingerprint density at radius 2 is 1.83 bits per heavy atom. The smallest absolute Gasteiger partial charge is 0.320 e. The molecule has 35 heavy (non-hydrogen) atoms. The fourth-order valence-corrected chi connectivity index (χ4v) is 5.12. The molecule has 0 radical (unpaired) electrons. The van der Waals surface area contributed by atoms with Crippen LogP contribution in [0.1, 0.15) is 52.7 Å². The number of carbonyl (C=O) groups is 4. The van der Waals surface area contributed by atoms with Gasteiger partial charge in [-0.1, -0.05) is 30.3 Å². The zero-order valence-electron chi connectivity index (χ0n) is 19.2. The van der Waals surface area contributed by atoms with Crippen LogP contribution >= 0.6 is 0 Å². The molecule has 9 heteroatoms. The first-order valence-electron chi connectivity index (χ1n) is 11.8. The molecule has 2 atom stereocenters. The molecule has 2 fully saturated rings. The van der Waals surface area contributed by atoms with Crippen molar-refractivity contribution in [1.29, 1.82) is 0 Å². The van der Waals surface area contributed by atoms with Gasteiger partial charge in [0.05, 0.1) is 6.54 Å². The lowest BCUT2D eigenvalue weighted by Crippen LogP contribution is -2.52. The van der Waals surface area contributed by atoms with Gasteiger partial charge in [0.1, 0.15) is 24.4 Å². The lowest BCUT2D eigenvalue weighted by Gasteiger charge is -2.29. The van der Waals surface area contributed by atoms with Gasteiger partial charge in [-0.25, -0.2) is 0 Å². The van der Waals surface area contributed by atoms with Crippen molar-refractivity contribution < 1.29 is 29.0 Å². The summed E-state index contributed by atoms with van der Waals surface area (Å²) >= 11 is 0. The van der Waals surface area contributed by atoms with Crippen LogP contribution in [0.3, 0.4) is 0 Å². The van der Waals surface area contributed by atoms with Crippen LogP contribution in [0.2, 0.25) is 0 Å². The van der Waals surface area contributed by atoms with Gasteiger partial charge in [0.25, 0.3) is 5.91 Å². The number of aliphatic carboxylic acids is 1. The second-order valence-corrected chi connectivity index (χ2v) is 9.25. The van der Waals surface area contributed by atoms with Gasteiger partial charge in [-0.3, -0.25) is 29.4 Å². The fraction of sp³-hybridized carbons (Fsp3) is 0.385. The summed E-state index contributed by atoms with van der Waals surface area (Å²) in [6.45, 7) is 1.96. The number of piperidine rings is 1. The molecule has 2 aromatic carbocycles. The summed E-state index contributed by atoms with van der Waals surface area (Å²) in [7, 11) is 0. The Kier molecular flexibility index (Phi) is 6.25. The molecule has 3 heterocycles. The summed E-state index contributed by atoms with van der Waals surface area (Å²) in [5.74, 6) is -1.15. The van der Waals surface area contributed by atoms with Crippen molar-refractivity contribution in [1.82, 2.24) is 15.1 Å². The Balaban J connectivity index is 1.23. The Morgan fingerprint density at radius 1 is 1.06 bits per heavy atom. The van der Waals surface area contributed by atoms with Crippen LogP contribution in [0.15, 0.2) is 42.5 Å². The van der Waals surface area contributed by atoms with Crippen molar-refractivity contribution in [3.63, 3.8) is 0 Å². The number of rotatable bonds is 7. The molecule has 1 unspecified atom stereocenters. The molecule has 0 aliphatic carbocycles. The van der Waals surface area contributed by atoms with E-state index in [1.807, 2.05) is 35.2 Å². The lowest BCUT2D eigenvalue weighted by molar-refractivity contribution is -0.142. The van der Waals surface area contributed by atoms with Crippen LogP contribution in [0, 0.1) is 0 Å². The summed E-state index contributed by atoms with van der Waals surface area (Å²) in [6.07, 6.45) is 2.11. The summed E-state index contributed by atoms with van der Waals surface area (Å²) in [4.78, 5) is 51.6. The van der Waals surface area contributed by atoms with E-state index in [4.69, 9.17) is 4.74 Å². The molecule has 3 amide bonds. The summed E-state index contributed by atoms with van der Waals surface area (Å²) < 4.78 is 6.06. The molecule has 0 aromatic heterocycles. The summed E-state index contributed by atoms with van der Waals surface area (Å²) in [5, 5.41) is 11.7. The fourth-order valence-electron chi connectivity index (χ4n) is 5.12. The first-order chi connectivity index (χ1) is 16.9. The number of carboxylic acids is 1. The number of nitrogens with zero attached hydrogens (tertiary/aromatic N) is 2. The van der Waals surface area contributed by atoms with Gasteiger partial charge in [0.2, 0.25) is 11.8 Å². The molecule has 5 rings (SSSR count). The van der Waals surface area contributed by atoms with Gasteiger partial charge < -0.3 is 14.7 Å². The van der Waals surface area contributed by atoms with Crippen LogP contribution in [0.25, 0.3) is 0 Å². The van der Waals surface area contributed by atoms with Crippen molar-refractivity contribution in [2.45, 2.75) is 57.5 Å². The van der Waals surface area contributed by atoms with Crippen LogP contribution in [0.5, 0.6) is 5.75 Å². The predicted octanol–water partition coefficient (Wildman–Crippen LogP) is 2.08. The number of nitrogens with one attached hydrogen (secondary N) is 1. The number of hydrogen-bond donors (Lipinski definition) is 2. The topological polar surface area (TPSA) is 116 Å². The Bertz CT molecular complexity index is 1180. The van der Waals surface area contributed by atoms with Crippen molar-refractivity contribution >= 4 is 23.7 Å². The Hall–Kier alpha value is -3.72. The molecule has 2 N–H and O–H groups in total. The molecule has 9 nitrogen and oxygen atoms in total. The molecular weight excluding hydrogens is 450 g/mol. The molecule has 182 valence electrons. The largest absolute Gasteiger partial charge is 0.489 e. The standard InChI is InChI=1S/C26H27N3O6/c30-23-11-10-20(24(31)27-23)29-14-19-18(25(29)32)3-1-5-22(19)35-15-17-8-6-16(7-9-17)13-28-12-2-4-21(28)26(33)34/h1,3,5-9,20-21H,2,4,10-15H2,(H,33,34)(H,27,30,31)/t20?,21-/m0/s1. The maximum atomic E-state index is 13.0. The van der Waals surface area contributed by atoms with E-state index in [0.29, 0.717) is 37.3 Å². The highest BCUT2D eigenvalue weighted by Gasteiger charge is 2.40. The number of benzene rings is 2. The predicted molar refractivity (Wildman–Crippen MR) is 124 cm³/mol. The van der Waals surface area contributed by atoms with Crippen molar-refractivity contribution in [3.05, 3.63) is 64.7 Å². The van der Waals surface area contributed by atoms with Crippen molar-refractivity contribution in [2.24, 2.45) is 0 Å². The monoisotopic (exact) mass is 477 g/mol. The number of hydrogen-bond acceptors (Lipinski definition) is 6. The van der Waals surface area contributed by atoms with E-state index in [0.717, 1.165) is 29.7 Å². The molecule has 2 saturated heterocycles. The molecular formula is C26H27N3O6. The van der Waals surface area contributed by atoms with E-state index in [9.17, 15) is 24.3 Å². The van der Waals surface area contributed by atoms with Crippen LogP contribution in [-0.4, -0.2) is 57.2 Å². The molecule has 0 spiro atoms. The number of imide groups is 1. The minimum Gasteiger partial charge on any atom is -0.489 e. The van der Waals surface area contributed by atoms with Gasteiger partial charge in [0.15, 0.2) is 0 Å². The minimum absolute atomic E-state index is 0.213. The van der Waals surface area contributed by atoms with E-state index in [2.05, 4.69) is 5.32 Å². The van der Waals surface area contributed by atoms with E-state index in [-0.39, 0.29) is 24.8 Å². The third kappa shape index (κ3) is 4.64. The average Bonchev–Trinajstić information content (AvgIpc) is 3.44. The zero-order chi connectivity index (χ0) is 24.5. The number of ether oxygens (including phenoxy) is 1. The van der Waals surface area contributed by atoms with E-state index < -0.39 is 24.0 Å². The molecule has 2 aromatic rings. The van der Waals surface area contributed by atoms with Gasteiger partial charge in [-0.05, 0) is 49.1 Å². The first kappa shape index (κ1) is 23.0.